The molecule has 0 amide bonds. The lowest BCUT2D eigenvalue weighted by atomic mass is 9.43. The van der Waals surface area contributed by atoms with Gasteiger partial charge in [0.15, 0.2) is 5.12 Å². The number of morpholine rings is 1. The topological polar surface area (TPSA) is 83.9 Å². The minimum Gasteiger partial charge on any atom is -0.377 e. The van der Waals surface area contributed by atoms with Crippen molar-refractivity contribution in [1.82, 2.24) is 4.90 Å². The molecular formula is C29H45NO5S. The molecule has 0 bridgehead atoms. The number of Topliss-reactive ketones (excluding diaryl/α,β-unsaturated/α-hetero) is 2. The monoisotopic (exact) mass is 519 g/mol. The maximum atomic E-state index is 14.1. The third kappa shape index (κ3) is 4.15. The lowest BCUT2D eigenvalue weighted by Crippen LogP contribution is -2.67. The number of thioether (sulfide) groups is 1. The molecule has 1 saturated heterocycles. The maximum Gasteiger partial charge on any atom is 0.188 e. The van der Waals surface area contributed by atoms with E-state index in [0.717, 1.165) is 50.4 Å². The van der Waals surface area contributed by atoms with Crippen molar-refractivity contribution in [2.75, 3.05) is 19.7 Å². The van der Waals surface area contributed by atoms with E-state index in [0.29, 0.717) is 43.6 Å². The third-order valence-corrected chi connectivity index (χ3v) is 12.2. The highest BCUT2D eigenvalue weighted by molar-refractivity contribution is 8.14. The number of carbonyl (C=O) groups excluding carboxylic acids is 3. The lowest BCUT2D eigenvalue weighted by Gasteiger charge is -2.63. The summed E-state index contributed by atoms with van der Waals surface area (Å²) >= 11 is 1.09. The highest BCUT2D eigenvalue weighted by Gasteiger charge is 2.66. The molecule has 6 nitrogen and oxygen atoms in total. The molecule has 0 radical (unpaired) electrons. The summed E-state index contributed by atoms with van der Waals surface area (Å²) in [6, 6.07) is -0.204. The van der Waals surface area contributed by atoms with Gasteiger partial charge in [-0.05, 0) is 87.9 Å². The van der Waals surface area contributed by atoms with Crippen molar-refractivity contribution >= 4 is 28.4 Å². The molecule has 0 aromatic rings. The third-order valence-electron chi connectivity index (χ3n) is 11.1. The molecule has 5 rings (SSSR count). The Bertz CT molecular complexity index is 952. The minimum absolute atomic E-state index is 0.00433. The van der Waals surface area contributed by atoms with Crippen molar-refractivity contribution in [2.24, 2.45) is 40.4 Å². The van der Waals surface area contributed by atoms with Crippen LogP contribution < -0.4 is 0 Å². The van der Waals surface area contributed by atoms with Crippen LogP contribution in [0, 0.1) is 40.4 Å². The largest absolute Gasteiger partial charge is 0.377 e. The average Bonchev–Trinajstić information content (AvgIpc) is 3.09. The Balaban J connectivity index is 1.50. The van der Waals surface area contributed by atoms with Crippen LogP contribution >= 0.6 is 11.8 Å². The van der Waals surface area contributed by atoms with E-state index in [1.807, 2.05) is 0 Å². The zero-order valence-electron chi connectivity index (χ0n) is 23.0. The van der Waals surface area contributed by atoms with Crippen LogP contribution in [0.5, 0.6) is 0 Å². The summed E-state index contributed by atoms with van der Waals surface area (Å²) in [6.07, 6.45) is 5.69. The van der Waals surface area contributed by atoms with Crippen LogP contribution in [0.1, 0.15) is 86.5 Å². The van der Waals surface area contributed by atoms with E-state index in [-0.39, 0.29) is 51.1 Å². The van der Waals surface area contributed by atoms with Gasteiger partial charge >= 0.3 is 0 Å². The lowest BCUT2D eigenvalue weighted by molar-refractivity contribution is -0.182. The molecule has 5 aliphatic rings. The van der Waals surface area contributed by atoms with Gasteiger partial charge in [0.25, 0.3) is 0 Å². The predicted octanol–water partition coefficient (Wildman–Crippen LogP) is 4.47. The Hall–Kier alpha value is -0.760. The molecule has 0 aromatic heterocycles. The van der Waals surface area contributed by atoms with Gasteiger partial charge in [-0.25, -0.2) is 0 Å². The summed E-state index contributed by atoms with van der Waals surface area (Å²) in [7, 11) is 0. The first-order chi connectivity index (χ1) is 16.7. The number of nitrogens with zero attached hydrogens (tertiary/aromatic N) is 1. The Morgan fingerprint density at radius 1 is 1.03 bits per heavy atom. The summed E-state index contributed by atoms with van der Waals surface area (Å²) in [4.78, 5) is 40.1. The Morgan fingerprint density at radius 3 is 2.39 bits per heavy atom. The molecular weight excluding hydrogens is 474 g/mol. The normalized spacial score (nSPS) is 48.6. The number of ketones is 2. The van der Waals surface area contributed by atoms with Crippen molar-refractivity contribution in [3.05, 3.63) is 0 Å². The second-order valence-electron chi connectivity index (χ2n) is 13.9. The van der Waals surface area contributed by atoms with Crippen LogP contribution in [-0.2, 0) is 19.1 Å². The van der Waals surface area contributed by atoms with Gasteiger partial charge in [-0.15, -0.1) is 0 Å². The zero-order chi connectivity index (χ0) is 26.3. The van der Waals surface area contributed by atoms with Gasteiger partial charge in [0, 0.05) is 44.3 Å². The number of aliphatic hydroxyl groups is 1. The van der Waals surface area contributed by atoms with Crippen molar-refractivity contribution < 1.29 is 24.2 Å². The second kappa shape index (κ2) is 8.89. The van der Waals surface area contributed by atoms with Gasteiger partial charge in [-0.3, -0.25) is 19.3 Å². The summed E-state index contributed by atoms with van der Waals surface area (Å²) in [6.45, 7) is 13.9. The predicted molar refractivity (Wildman–Crippen MR) is 140 cm³/mol. The molecule has 9 atom stereocenters. The molecule has 1 aliphatic heterocycles. The molecule has 36 heavy (non-hydrogen) atoms. The van der Waals surface area contributed by atoms with Gasteiger partial charge in [0.1, 0.15) is 16.5 Å². The zero-order valence-corrected chi connectivity index (χ0v) is 23.8. The molecule has 202 valence electrons. The molecule has 4 aliphatic carbocycles. The molecule has 7 heteroatoms. The fourth-order valence-corrected chi connectivity index (χ4v) is 11.0. The van der Waals surface area contributed by atoms with E-state index >= 15 is 0 Å². The Morgan fingerprint density at radius 2 is 1.75 bits per heavy atom. The quantitative estimate of drug-likeness (QED) is 0.551. The summed E-state index contributed by atoms with van der Waals surface area (Å²) in [5, 5.41) is 12.0. The van der Waals surface area contributed by atoms with Crippen LogP contribution in [0.3, 0.4) is 0 Å². The molecule has 1 heterocycles. The van der Waals surface area contributed by atoms with Crippen LogP contribution in [0.15, 0.2) is 0 Å². The van der Waals surface area contributed by atoms with E-state index in [9.17, 15) is 19.5 Å². The van der Waals surface area contributed by atoms with Gasteiger partial charge in [-0.2, -0.15) is 0 Å². The number of hydrogen-bond donors (Lipinski definition) is 1. The van der Waals surface area contributed by atoms with E-state index in [2.05, 4.69) is 32.6 Å². The number of ether oxygens (including phenoxy) is 1. The fourth-order valence-electron chi connectivity index (χ4n) is 9.83. The van der Waals surface area contributed by atoms with Crippen LogP contribution in [-0.4, -0.2) is 63.0 Å². The molecule has 4 saturated carbocycles. The Kier molecular flexibility index (Phi) is 6.62. The number of hydrogen-bond acceptors (Lipinski definition) is 7. The van der Waals surface area contributed by atoms with Crippen molar-refractivity contribution in [3.8, 4) is 0 Å². The van der Waals surface area contributed by atoms with Gasteiger partial charge in [0.05, 0.1) is 12.2 Å². The first kappa shape index (κ1) is 26.8. The van der Waals surface area contributed by atoms with Crippen LogP contribution in [0.2, 0.25) is 0 Å². The standard InChI is InChI=1S/C29H45NO5S/c1-17(31)21-9-10-22-20-8-7-19-13-29(34,36-18(2)32)24(30-11-12-35-26(3,4)16-30)15-27(19,5)25(20)23(33)14-28(21,22)6/h19-22,24-25,34H,7-16H2,1-6H3/t19-,20-,21+,22-,24-,25+,27-,28+,29+/m0/s1. The second-order valence-corrected chi connectivity index (χ2v) is 15.3. The van der Waals surface area contributed by atoms with Gasteiger partial charge < -0.3 is 9.84 Å². The van der Waals surface area contributed by atoms with Gasteiger partial charge in [0.2, 0.25) is 0 Å². The van der Waals surface area contributed by atoms with Crippen molar-refractivity contribution in [1.29, 1.82) is 0 Å². The summed E-state index contributed by atoms with van der Waals surface area (Å²) < 4.78 is 5.98. The maximum absolute atomic E-state index is 14.1. The van der Waals surface area contributed by atoms with Crippen molar-refractivity contribution in [2.45, 2.75) is 103 Å². The first-order valence-electron chi connectivity index (χ1n) is 14.0. The molecule has 0 aromatic carbocycles. The van der Waals surface area contributed by atoms with Crippen molar-refractivity contribution in [3.63, 3.8) is 0 Å². The van der Waals surface area contributed by atoms with E-state index in [1.54, 1.807) is 13.8 Å². The van der Waals surface area contributed by atoms with E-state index in [1.165, 1.54) is 0 Å². The van der Waals surface area contributed by atoms with E-state index in [4.69, 9.17) is 4.74 Å². The Labute approximate surface area is 220 Å². The first-order valence-corrected chi connectivity index (χ1v) is 14.8. The molecule has 1 N–H and O–H groups in total. The molecule has 0 spiro atoms. The summed E-state index contributed by atoms with van der Waals surface area (Å²) in [5.41, 5.74) is -0.742. The highest BCUT2D eigenvalue weighted by Crippen LogP contribution is 2.68. The molecule has 0 unspecified atom stereocenters. The van der Waals surface area contributed by atoms with Gasteiger partial charge in [-0.1, -0.05) is 25.6 Å². The number of rotatable bonds is 3. The average molecular weight is 520 g/mol. The highest BCUT2D eigenvalue weighted by atomic mass is 32.2. The minimum atomic E-state index is -1.16. The number of carbonyl (C=O) groups is 3. The van der Waals surface area contributed by atoms with Crippen LogP contribution in [0.4, 0.5) is 0 Å². The fraction of sp³-hybridized carbons (Fsp3) is 0.897. The number of fused-ring (bicyclic) bond motifs is 5. The van der Waals surface area contributed by atoms with E-state index < -0.39 is 4.93 Å². The SMILES string of the molecule is CC(=O)S[C@]1(O)C[C@@H]2CC[C@H]3[C@@H]4CC[C@H](C(C)=O)[C@@]4(C)CC(=O)[C@@H]3[C@@]2(C)C[C@@H]1N1CCOC(C)(C)C1. The smallest absolute Gasteiger partial charge is 0.188 e. The molecule has 5 fully saturated rings. The van der Waals surface area contributed by atoms with Crippen LogP contribution in [0.25, 0.3) is 0 Å². The summed E-state index contributed by atoms with van der Waals surface area (Å²) in [5.74, 6) is 1.50.